The summed E-state index contributed by atoms with van der Waals surface area (Å²) in [7, 11) is -1.91. The third-order valence-electron chi connectivity index (χ3n) is 3.33. The maximum absolute atomic E-state index is 11.5. The van der Waals surface area contributed by atoms with E-state index in [4.69, 9.17) is 4.74 Å². The van der Waals surface area contributed by atoms with Gasteiger partial charge in [0.2, 0.25) is 10.0 Å². The van der Waals surface area contributed by atoms with Gasteiger partial charge in [0, 0.05) is 10.8 Å². The lowest BCUT2D eigenvalue weighted by Gasteiger charge is -2.13. The smallest absolute Gasteiger partial charge is 0.229 e. The van der Waals surface area contributed by atoms with Crippen LogP contribution in [0.3, 0.4) is 0 Å². The van der Waals surface area contributed by atoms with Crippen LogP contribution < -0.4 is 9.46 Å². The number of rotatable bonds is 4. The molecule has 6 nitrogen and oxygen atoms in total. The molecular formula is C15H15N3O3S2. The first kappa shape index (κ1) is 15.7. The van der Waals surface area contributed by atoms with Crippen molar-refractivity contribution in [2.75, 3.05) is 18.1 Å². The van der Waals surface area contributed by atoms with Crippen LogP contribution >= 0.6 is 11.3 Å². The Kier molecular flexibility index (Phi) is 3.95. The van der Waals surface area contributed by atoms with Gasteiger partial charge in [-0.2, -0.15) is 0 Å². The molecule has 1 aromatic carbocycles. The minimum absolute atomic E-state index is 0.366. The SMILES string of the molecule is COc1cc2c(C)cc(-c3cscn3)nc2cc1NS(C)(=O)=O. The number of methoxy groups -OCH3 is 1. The highest BCUT2D eigenvalue weighted by molar-refractivity contribution is 7.92. The zero-order valence-electron chi connectivity index (χ0n) is 12.8. The number of thiazole rings is 1. The summed E-state index contributed by atoms with van der Waals surface area (Å²) in [4.78, 5) is 8.87. The normalized spacial score (nSPS) is 11.6. The number of ether oxygens (including phenoxy) is 1. The van der Waals surface area contributed by atoms with Gasteiger partial charge in [-0.25, -0.2) is 18.4 Å². The first-order valence-electron chi connectivity index (χ1n) is 6.73. The number of fused-ring (bicyclic) bond motifs is 1. The fourth-order valence-electron chi connectivity index (χ4n) is 2.34. The molecule has 0 atom stereocenters. The number of nitrogens with one attached hydrogen (secondary N) is 1. The highest BCUT2D eigenvalue weighted by Gasteiger charge is 2.13. The van der Waals surface area contributed by atoms with Gasteiger partial charge in [0.15, 0.2) is 0 Å². The Labute approximate surface area is 138 Å². The van der Waals surface area contributed by atoms with Gasteiger partial charge in [-0.1, -0.05) is 0 Å². The Balaban J connectivity index is 2.22. The number of sulfonamides is 1. The zero-order valence-corrected chi connectivity index (χ0v) is 14.5. The molecule has 0 bridgehead atoms. The van der Waals surface area contributed by atoms with Gasteiger partial charge in [0.1, 0.15) is 5.75 Å². The molecular weight excluding hydrogens is 334 g/mol. The maximum atomic E-state index is 11.5. The highest BCUT2D eigenvalue weighted by atomic mass is 32.2. The third-order valence-corrected chi connectivity index (χ3v) is 4.50. The molecule has 2 aromatic heterocycles. The maximum Gasteiger partial charge on any atom is 0.229 e. The monoisotopic (exact) mass is 349 g/mol. The molecule has 0 amide bonds. The van der Waals surface area contributed by atoms with Crippen LogP contribution in [0.5, 0.6) is 5.75 Å². The van der Waals surface area contributed by atoms with E-state index >= 15 is 0 Å². The predicted octanol–water partition coefficient (Wildman–Crippen LogP) is 3.05. The first-order valence-corrected chi connectivity index (χ1v) is 9.56. The van der Waals surface area contributed by atoms with Gasteiger partial charge in [0.25, 0.3) is 0 Å². The number of benzene rings is 1. The molecule has 0 fully saturated rings. The van der Waals surface area contributed by atoms with E-state index in [-0.39, 0.29) is 0 Å². The molecule has 120 valence electrons. The zero-order chi connectivity index (χ0) is 16.6. The summed E-state index contributed by atoms with van der Waals surface area (Å²) in [5.41, 5.74) is 5.37. The van der Waals surface area contributed by atoms with Gasteiger partial charge in [0.05, 0.1) is 41.5 Å². The Morgan fingerprint density at radius 2 is 2.00 bits per heavy atom. The van der Waals surface area contributed by atoms with Crippen molar-refractivity contribution < 1.29 is 13.2 Å². The molecule has 1 N–H and O–H groups in total. The highest BCUT2D eigenvalue weighted by Crippen LogP contribution is 2.33. The number of hydrogen-bond donors (Lipinski definition) is 1. The molecule has 2 heterocycles. The number of anilines is 1. The second-order valence-corrected chi connectivity index (χ2v) is 7.61. The number of aryl methyl sites for hydroxylation is 1. The van der Waals surface area contributed by atoms with Crippen LogP contribution in [0.1, 0.15) is 5.56 Å². The first-order chi connectivity index (χ1) is 10.9. The van der Waals surface area contributed by atoms with Crippen molar-refractivity contribution in [3.63, 3.8) is 0 Å². The molecule has 0 aliphatic heterocycles. The molecule has 3 rings (SSSR count). The fourth-order valence-corrected chi connectivity index (χ4v) is 3.44. The lowest BCUT2D eigenvalue weighted by Crippen LogP contribution is -2.10. The Morgan fingerprint density at radius 1 is 1.22 bits per heavy atom. The lowest BCUT2D eigenvalue weighted by atomic mass is 10.1. The minimum atomic E-state index is -3.41. The fraction of sp³-hybridized carbons (Fsp3) is 0.200. The summed E-state index contributed by atoms with van der Waals surface area (Å²) >= 11 is 1.50. The van der Waals surface area contributed by atoms with E-state index in [1.54, 1.807) is 17.6 Å². The van der Waals surface area contributed by atoms with Crippen molar-refractivity contribution >= 4 is 38.0 Å². The Morgan fingerprint density at radius 3 is 2.61 bits per heavy atom. The second-order valence-electron chi connectivity index (χ2n) is 5.14. The Bertz CT molecular complexity index is 967. The average Bonchev–Trinajstić information content (AvgIpc) is 2.99. The van der Waals surface area contributed by atoms with Crippen molar-refractivity contribution in [3.05, 3.63) is 34.7 Å². The van der Waals surface area contributed by atoms with Crippen molar-refractivity contribution in [2.45, 2.75) is 6.92 Å². The van der Waals surface area contributed by atoms with Gasteiger partial charge < -0.3 is 4.74 Å². The largest absolute Gasteiger partial charge is 0.495 e. The Hall–Kier alpha value is -2.19. The molecule has 0 saturated carbocycles. The summed E-state index contributed by atoms with van der Waals surface area (Å²) in [6.45, 7) is 1.98. The van der Waals surface area contributed by atoms with Gasteiger partial charge in [-0.05, 0) is 30.7 Å². The second kappa shape index (κ2) is 5.78. The van der Waals surface area contributed by atoms with Crippen molar-refractivity contribution in [3.8, 4) is 17.1 Å². The molecule has 23 heavy (non-hydrogen) atoms. The van der Waals surface area contributed by atoms with E-state index in [2.05, 4.69) is 14.7 Å². The lowest BCUT2D eigenvalue weighted by molar-refractivity contribution is 0.417. The molecule has 0 aliphatic rings. The molecule has 0 radical (unpaired) electrons. The van der Waals surface area contributed by atoms with E-state index in [1.165, 1.54) is 18.4 Å². The summed E-state index contributed by atoms with van der Waals surface area (Å²) in [6, 6.07) is 5.43. The minimum Gasteiger partial charge on any atom is -0.495 e. The topological polar surface area (TPSA) is 81.2 Å². The summed E-state index contributed by atoms with van der Waals surface area (Å²) < 4.78 is 30.8. The molecule has 0 unspecified atom stereocenters. The van der Waals surface area contributed by atoms with Crippen LogP contribution in [-0.2, 0) is 10.0 Å². The van der Waals surface area contributed by atoms with Crippen LogP contribution in [0.4, 0.5) is 5.69 Å². The molecule has 3 aromatic rings. The van der Waals surface area contributed by atoms with Crippen LogP contribution in [0.15, 0.2) is 29.1 Å². The molecule has 0 aliphatic carbocycles. The number of pyridine rings is 1. The quantitative estimate of drug-likeness (QED) is 0.783. The summed E-state index contributed by atoms with van der Waals surface area (Å²) in [6.07, 6.45) is 1.10. The predicted molar refractivity (Wildman–Crippen MR) is 92.6 cm³/mol. The van der Waals surface area contributed by atoms with Crippen LogP contribution in [0, 0.1) is 6.92 Å². The third kappa shape index (κ3) is 3.27. The van der Waals surface area contributed by atoms with E-state index in [1.807, 2.05) is 18.4 Å². The van der Waals surface area contributed by atoms with Crippen LogP contribution in [-0.4, -0.2) is 31.8 Å². The van der Waals surface area contributed by atoms with E-state index in [9.17, 15) is 8.42 Å². The van der Waals surface area contributed by atoms with E-state index in [0.29, 0.717) is 17.0 Å². The number of hydrogen-bond acceptors (Lipinski definition) is 6. The van der Waals surface area contributed by atoms with Crippen molar-refractivity contribution in [1.82, 2.24) is 9.97 Å². The molecule has 8 heteroatoms. The standard InChI is InChI=1S/C15H15N3O3S2/c1-9-4-12(14-7-22-8-16-14)17-11-6-13(18-23(3,19)20)15(21-2)5-10(9)11/h4-8,18H,1-3H3. The van der Waals surface area contributed by atoms with Gasteiger partial charge >= 0.3 is 0 Å². The molecule has 0 saturated heterocycles. The molecule has 0 spiro atoms. The number of aromatic nitrogens is 2. The average molecular weight is 349 g/mol. The van der Waals surface area contributed by atoms with E-state index < -0.39 is 10.0 Å². The van der Waals surface area contributed by atoms with E-state index in [0.717, 1.165) is 28.6 Å². The van der Waals surface area contributed by atoms with Gasteiger partial charge in [-0.15, -0.1) is 11.3 Å². The van der Waals surface area contributed by atoms with Crippen LogP contribution in [0.25, 0.3) is 22.3 Å². The van der Waals surface area contributed by atoms with Gasteiger partial charge in [-0.3, -0.25) is 4.72 Å². The van der Waals surface area contributed by atoms with Crippen LogP contribution in [0.2, 0.25) is 0 Å². The summed E-state index contributed by atoms with van der Waals surface area (Å²) in [5.74, 6) is 0.453. The van der Waals surface area contributed by atoms with Crippen molar-refractivity contribution in [2.24, 2.45) is 0 Å². The summed E-state index contributed by atoms with van der Waals surface area (Å²) in [5, 5.41) is 2.83. The van der Waals surface area contributed by atoms with Crippen molar-refractivity contribution in [1.29, 1.82) is 0 Å². The number of nitrogens with zero attached hydrogens (tertiary/aromatic N) is 2.